The summed E-state index contributed by atoms with van der Waals surface area (Å²) in [5.74, 6) is 5.15. The molecule has 0 fully saturated rings. The quantitative estimate of drug-likeness (QED) is 0.427. The largest absolute Gasteiger partial charge is 0.323 e. The number of pyridine rings is 1. The van der Waals surface area contributed by atoms with Crippen LogP contribution in [-0.4, -0.2) is 10.6 Å². The molecular weight excluding hydrogens is 188 g/mol. The number of aromatic nitrogens is 1. The van der Waals surface area contributed by atoms with Crippen molar-refractivity contribution in [3.05, 3.63) is 41.2 Å². The molecule has 0 amide bonds. The molecule has 2 aromatic rings. The van der Waals surface area contributed by atoms with Gasteiger partial charge in [-0.25, -0.2) is 0 Å². The van der Waals surface area contributed by atoms with E-state index in [1.54, 1.807) is 6.21 Å². The molecule has 0 aliphatic carbocycles. The molecule has 0 saturated heterocycles. The molecule has 2 aromatic heterocycles. The summed E-state index contributed by atoms with van der Waals surface area (Å²) in [5.41, 5.74) is 3.37. The van der Waals surface area contributed by atoms with E-state index in [9.17, 15) is 0 Å². The van der Waals surface area contributed by atoms with Gasteiger partial charge in [-0.3, -0.25) is 0 Å². The van der Waals surface area contributed by atoms with E-state index in [-0.39, 0.29) is 0 Å². The third-order valence-electron chi connectivity index (χ3n) is 2.45. The fourth-order valence-corrected chi connectivity index (χ4v) is 1.73. The van der Waals surface area contributed by atoms with Gasteiger partial charge in [0, 0.05) is 11.8 Å². The van der Waals surface area contributed by atoms with E-state index in [1.165, 1.54) is 0 Å². The summed E-state index contributed by atoms with van der Waals surface area (Å²) in [4.78, 5) is 0. The smallest absolute Gasteiger partial charge is 0.128 e. The fourth-order valence-electron chi connectivity index (χ4n) is 1.73. The van der Waals surface area contributed by atoms with Crippen LogP contribution in [0, 0.1) is 18.3 Å². The summed E-state index contributed by atoms with van der Waals surface area (Å²) >= 11 is 0. The lowest BCUT2D eigenvalue weighted by atomic mass is 10.1. The van der Waals surface area contributed by atoms with Crippen LogP contribution in [0.1, 0.15) is 16.8 Å². The number of nitrogens with zero attached hydrogens (tertiary/aromatic N) is 3. The zero-order valence-electron chi connectivity index (χ0n) is 8.31. The molecule has 0 unspecified atom stereocenters. The first-order chi connectivity index (χ1) is 7.29. The number of fused-ring (bicyclic) bond motifs is 1. The fraction of sp³-hybridized carbons (Fsp3) is 0.0909. The van der Waals surface area contributed by atoms with Crippen LogP contribution in [0.3, 0.4) is 0 Å². The minimum Gasteiger partial charge on any atom is -0.323 e. The van der Waals surface area contributed by atoms with Gasteiger partial charge in [-0.1, -0.05) is 6.07 Å². The zero-order chi connectivity index (χ0) is 10.8. The van der Waals surface area contributed by atoms with E-state index in [2.05, 4.69) is 11.2 Å². The molecule has 0 spiro atoms. The van der Waals surface area contributed by atoms with Crippen LogP contribution in [-0.2, 0) is 0 Å². The molecule has 0 aliphatic rings. The number of hydrogen-bond acceptors (Lipinski definition) is 3. The maximum atomic E-state index is 9.05. The van der Waals surface area contributed by atoms with Gasteiger partial charge in [0.2, 0.25) is 0 Å². The van der Waals surface area contributed by atoms with Gasteiger partial charge in [0.15, 0.2) is 0 Å². The molecule has 2 heterocycles. The molecule has 0 atom stereocenters. The van der Waals surface area contributed by atoms with Gasteiger partial charge in [0.1, 0.15) is 11.8 Å². The van der Waals surface area contributed by atoms with Crippen LogP contribution in [0.25, 0.3) is 5.52 Å². The SMILES string of the molecule is Cc1c(/C=N/N)c2ccccn2c1C#N. The number of hydrazone groups is 1. The Labute approximate surface area is 87.2 Å². The molecule has 74 valence electrons. The van der Waals surface area contributed by atoms with Crippen molar-refractivity contribution in [1.29, 1.82) is 5.26 Å². The normalized spacial score (nSPS) is 10.9. The van der Waals surface area contributed by atoms with Crippen molar-refractivity contribution >= 4 is 11.7 Å². The lowest BCUT2D eigenvalue weighted by Gasteiger charge is -1.94. The van der Waals surface area contributed by atoms with Crippen molar-refractivity contribution < 1.29 is 0 Å². The summed E-state index contributed by atoms with van der Waals surface area (Å²) < 4.78 is 1.84. The van der Waals surface area contributed by atoms with Crippen molar-refractivity contribution in [3.8, 4) is 6.07 Å². The number of nitriles is 1. The van der Waals surface area contributed by atoms with Crippen LogP contribution in [0.5, 0.6) is 0 Å². The molecule has 2 rings (SSSR count). The second-order valence-electron chi connectivity index (χ2n) is 3.23. The Hall–Kier alpha value is -2.28. The molecule has 15 heavy (non-hydrogen) atoms. The highest BCUT2D eigenvalue weighted by molar-refractivity contribution is 5.92. The van der Waals surface area contributed by atoms with Crippen molar-refractivity contribution in [2.75, 3.05) is 0 Å². The van der Waals surface area contributed by atoms with Crippen LogP contribution >= 0.6 is 0 Å². The highest BCUT2D eigenvalue weighted by Crippen LogP contribution is 2.20. The van der Waals surface area contributed by atoms with Gasteiger partial charge >= 0.3 is 0 Å². The maximum absolute atomic E-state index is 9.05. The first-order valence-corrected chi connectivity index (χ1v) is 4.52. The summed E-state index contributed by atoms with van der Waals surface area (Å²) in [6.45, 7) is 1.89. The second-order valence-corrected chi connectivity index (χ2v) is 3.23. The Morgan fingerprint density at radius 2 is 2.33 bits per heavy atom. The molecule has 2 N–H and O–H groups in total. The first-order valence-electron chi connectivity index (χ1n) is 4.52. The Balaban J connectivity index is 2.92. The van der Waals surface area contributed by atoms with Crippen LogP contribution in [0.15, 0.2) is 29.5 Å². The van der Waals surface area contributed by atoms with Crippen molar-refractivity contribution in [2.24, 2.45) is 10.9 Å². The Kier molecular flexibility index (Phi) is 2.14. The molecule has 0 bridgehead atoms. The molecule has 0 saturated carbocycles. The molecule has 0 radical (unpaired) electrons. The Morgan fingerprint density at radius 1 is 1.53 bits per heavy atom. The van der Waals surface area contributed by atoms with Crippen molar-refractivity contribution in [3.63, 3.8) is 0 Å². The Morgan fingerprint density at radius 3 is 3.00 bits per heavy atom. The van der Waals surface area contributed by atoms with E-state index in [1.807, 2.05) is 35.7 Å². The monoisotopic (exact) mass is 198 g/mol. The second kappa shape index (κ2) is 3.46. The van der Waals surface area contributed by atoms with Gasteiger partial charge in [-0.15, -0.1) is 0 Å². The van der Waals surface area contributed by atoms with Gasteiger partial charge in [0.25, 0.3) is 0 Å². The van der Waals surface area contributed by atoms with Gasteiger partial charge in [0.05, 0.1) is 11.7 Å². The predicted molar refractivity (Wildman–Crippen MR) is 58.6 cm³/mol. The van der Waals surface area contributed by atoms with E-state index < -0.39 is 0 Å². The van der Waals surface area contributed by atoms with Crippen LogP contribution < -0.4 is 5.84 Å². The summed E-state index contributed by atoms with van der Waals surface area (Å²) in [6, 6.07) is 7.92. The highest BCUT2D eigenvalue weighted by Gasteiger charge is 2.12. The van der Waals surface area contributed by atoms with Gasteiger partial charge < -0.3 is 10.2 Å². The van der Waals surface area contributed by atoms with Crippen molar-refractivity contribution in [2.45, 2.75) is 6.92 Å². The number of rotatable bonds is 1. The lowest BCUT2D eigenvalue weighted by Crippen LogP contribution is -1.87. The van der Waals surface area contributed by atoms with E-state index in [4.69, 9.17) is 11.1 Å². The molecule has 4 nitrogen and oxygen atoms in total. The number of hydrogen-bond donors (Lipinski definition) is 1. The molecule has 4 heteroatoms. The van der Waals surface area contributed by atoms with Gasteiger partial charge in [-0.2, -0.15) is 10.4 Å². The third-order valence-corrected chi connectivity index (χ3v) is 2.45. The van der Waals surface area contributed by atoms with Crippen LogP contribution in [0.4, 0.5) is 0 Å². The average Bonchev–Trinajstić information content (AvgIpc) is 2.53. The standard InChI is InChI=1S/C11H10N4/c1-8-9(7-14-13)10-4-2-3-5-15(10)11(8)6-12/h2-5,7H,13H2,1H3/b14-7+. The maximum Gasteiger partial charge on any atom is 0.128 e. The first kappa shape index (κ1) is 9.28. The molecular formula is C11H10N4. The molecule has 0 aliphatic heterocycles. The number of nitrogens with two attached hydrogens (primary N) is 1. The van der Waals surface area contributed by atoms with Crippen molar-refractivity contribution in [1.82, 2.24) is 4.40 Å². The third kappa shape index (κ3) is 1.25. The molecule has 0 aromatic carbocycles. The average molecular weight is 198 g/mol. The highest BCUT2D eigenvalue weighted by atomic mass is 15.1. The van der Waals surface area contributed by atoms with E-state index in [0.717, 1.165) is 16.6 Å². The van der Waals surface area contributed by atoms with E-state index in [0.29, 0.717) is 5.69 Å². The lowest BCUT2D eigenvalue weighted by molar-refractivity contribution is 1.14. The summed E-state index contributed by atoms with van der Waals surface area (Å²) in [7, 11) is 0. The summed E-state index contributed by atoms with van der Waals surface area (Å²) in [6.07, 6.45) is 3.43. The zero-order valence-corrected chi connectivity index (χ0v) is 8.31. The predicted octanol–water partition coefficient (Wildman–Crippen LogP) is 1.41. The van der Waals surface area contributed by atoms with Gasteiger partial charge in [-0.05, 0) is 24.6 Å². The topological polar surface area (TPSA) is 66.6 Å². The van der Waals surface area contributed by atoms with Crippen LogP contribution in [0.2, 0.25) is 0 Å². The van der Waals surface area contributed by atoms with E-state index >= 15 is 0 Å². The minimum absolute atomic E-state index is 0.625. The summed E-state index contributed by atoms with van der Waals surface area (Å²) in [5, 5.41) is 12.6. The Bertz CT molecular complexity index is 572. The minimum atomic E-state index is 0.625.